The van der Waals surface area contributed by atoms with Gasteiger partial charge >= 0.3 is 6.09 Å². The average Bonchev–Trinajstić information content (AvgIpc) is 3.32. The molecule has 3 aromatic heterocycles. The van der Waals surface area contributed by atoms with Gasteiger partial charge in [0.05, 0.1) is 27.0 Å². The molecule has 1 aliphatic heterocycles. The second-order valence-corrected chi connectivity index (χ2v) is 9.14. The Hall–Kier alpha value is -3.51. The van der Waals surface area contributed by atoms with Crippen LogP contribution in [-0.4, -0.2) is 75.9 Å². The van der Waals surface area contributed by atoms with Gasteiger partial charge in [0.2, 0.25) is 5.95 Å². The highest BCUT2D eigenvalue weighted by Crippen LogP contribution is 2.30. The monoisotopic (exact) mass is 512 g/mol. The van der Waals surface area contributed by atoms with Crippen molar-refractivity contribution in [2.45, 2.75) is 57.5 Å². The number of aliphatic hydroxyl groups is 1. The number of carbonyl (C=O) groups is 1. The summed E-state index contributed by atoms with van der Waals surface area (Å²) >= 11 is 0. The molecule has 1 amide bonds. The smallest absolute Gasteiger partial charge is 0.413 e. The molecule has 1 atom stereocenters. The summed E-state index contributed by atoms with van der Waals surface area (Å²) in [5, 5.41) is 23.5. The maximum atomic E-state index is 11.8. The van der Waals surface area contributed by atoms with E-state index in [0.717, 1.165) is 55.8 Å². The molecule has 0 aliphatic carbocycles. The van der Waals surface area contributed by atoms with E-state index in [4.69, 9.17) is 14.5 Å². The molecule has 12 nitrogen and oxygen atoms in total. The second-order valence-electron chi connectivity index (χ2n) is 9.14. The molecule has 0 unspecified atom stereocenters. The van der Waals surface area contributed by atoms with E-state index in [2.05, 4.69) is 37.9 Å². The van der Waals surface area contributed by atoms with Gasteiger partial charge in [-0.1, -0.05) is 13.3 Å². The fraction of sp³-hybridized carbons (Fsp3) is 0.560. The number of rotatable bonds is 11. The van der Waals surface area contributed by atoms with Crippen LogP contribution in [0.3, 0.4) is 0 Å². The van der Waals surface area contributed by atoms with E-state index >= 15 is 0 Å². The third-order valence-electron chi connectivity index (χ3n) is 6.61. The predicted molar refractivity (Wildman–Crippen MR) is 140 cm³/mol. The fourth-order valence-electron chi connectivity index (χ4n) is 4.70. The number of piperidine rings is 1. The Morgan fingerprint density at radius 3 is 2.76 bits per heavy atom. The summed E-state index contributed by atoms with van der Waals surface area (Å²) < 4.78 is 12.2. The van der Waals surface area contributed by atoms with Crippen molar-refractivity contribution in [3.05, 3.63) is 29.7 Å². The van der Waals surface area contributed by atoms with Crippen molar-refractivity contribution in [2.75, 3.05) is 44.5 Å². The zero-order chi connectivity index (χ0) is 26.2. The molecule has 4 N–H and O–H groups in total. The molecular formula is C25H36N8O4. The number of nitrogens with zero attached hydrogens (tertiary/aromatic N) is 5. The van der Waals surface area contributed by atoms with Gasteiger partial charge < -0.3 is 25.2 Å². The van der Waals surface area contributed by atoms with Crippen molar-refractivity contribution in [1.82, 2.24) is 30.0 Å². The van der Waals surface area contributed by atoms with Gasteiger partial charge in [0.15, 0.2) is 5.82 Å². The van der Waals surface area contributed by atoms with Crippen LogP contribution in [0.15, 0.2) is 18.5 Å². The van der Waals surface area contributed by atoms with Crippen molar-refractivity contribution in [2.24, 2.45) is 0 Å². The van der Waals surface area contributed by atoms with E-state index < -0.39 is 6.09 Å². The first-order chi connectivity index (χ1) is 18.1. The zero-order valence-corrected chi connectivity index (χ0v) is 21.7. The van der Waals surface area contributed by atoms with Crippen LogP contribution in [0.5, 0.6) is 5.75 Å². The van der Waals surface area contributed by atoms with Crippen LogP contribution in [0.1, 0.15) is 56.2 Å². The minimum absolute atomic E-state index is 0.0112. The maximum Gasteiger partial charge on any atom is 0.413 e. The molecule has 1 saturated heterocycles. The van der Waals surface area contributed by atoms with E-state index in [-0.39, 0.29) is 18.6 Å². The number of fused-ring (bicyclic) bond motifs is 1. The summed E-state index contributed by atoms with van der Waals surface area (Å²) in [4.78, 5) is 25.6. The Labute approximate surface area is 216 Å². The third-order valence-corrected chi connectivity index (χ3v) is 6.61. The Bertz CT molecular complexity index is 1190. The van der Waals surface area contributed by atoms with Crippen LogP contribution in [0.2, 0.25) is 0 Å². The molecule has 0 bridgehead atoms. The third kappa shape index (κ3) is 6.44. The molecule has 3 aromatic rings. The van der Waals surface area contributed by atoms with Gasteiger partial charge in [-0.3, -0.25) is 15.0 Å². The van der Waals surface area contributed by atoms with Crippen molar-refractivity contribution in [1.29, 1.82) is 0 Å². The lowest BCUT2D eigenvalue weighted by molar-refractivity contribution is 0.186. The minimum Gasteiger partial charge on any atom is -0.496 e. The zero-order valence-electron chi connectivity index (χ0n) is 21.7. The highest BCUT2D eigenvalue weighted by Gasteiger charge is 2.21. The van der Waals surface area contributed by atoms with Gasteiger partial charge in [-0.15, -0.1) is 0 Å². The molecule has 37 heavy (non-hydrogen) atoms. The number of methoxy groups -OCH3 is 2. The molecule has 1 fully saturated rings. The number of amides is 1. The molecule has 1 aliphatic rings. The highest BCUT2D eigenvalue weighted by atomic mass is 16.5. The normalized spacial score (nSPS) is 14.9. The van der Waals surface area contributed by atoms with E-state index in [1.165, 1.54) is 7.11 Å². The van der Waals surface area contributed by atoms with Gasteiger partial charge in [-0.05, 0) is 38.8 Å². The summed E-state index contributed by atoms with van der Waals surface area (Å²) in [5.41, 5.74) is 3.16. The number of anilines is 2. The van der Waals surface area contributed by atoms with Crippen LogP contribution in [0.25, 0.3) is 11.0 Å². The van der Waals surface area contributed by atoms with Gasteiger partial charge in [0.25, 0.3) is 0 Å². The van der Waals surface area contributed by atoms with Crippen molar-refractivity contribution < 1.29 is 19.4 Å². The number of nitrogens with one attached hydrogen (secondary N) is 3. The number of pyridine rings is 1. The van der Waals surface area contributed by atoms with Crippen molar-refractivity contribution in [3.8, 4) is 5.75 Å². The lowest BCUT2D eigenvalue weighted by Gasteiger charge is -2.23. The molecule has 4 heterocycles. The van der Waals surface area contributed by atoms with Crippen LogP contribution >= 0.6 is 0 Å². The van der Waals surface area contributed by atoms with E-state index in [9.17, 15) is 9.90 Å². The predicted octanol–water partition coefficient (Wildman–Crippen LogP) is 2.89. The van der Waals surface area contributed by atoms with Crippen LogP contribution in [0.4, 0.5) is 16.6 Å². The standard InChI is InChI=1S/C25H36N8O4/c1-4-5-18(8-11-34)29-23-22-20(30-24(31-23)32-25(35)37-3)14-28-33(22)15-17-13-27-19(12-21(17)36-2)16-6-9-26-10-7-16/h12-14,16,18,26,34H,4-11,15H2,1-3H3,(H2,29,30,31,32,35)/t18-/m0/s1. The Kier molecular flexibility index (Phi) is 9.07. The lowest BCUT2D eigenvalue weighted by Crippen LogP contribution is -2.27. The summed E-state index contributed by atoms with van der Waals surface area (Å²) in [6.45, 7) is 4.52. The first kappa shape index (κ1) is 26.6. The van der Waals surface area contributed by atoms with E-state index in [1.807, 2.05) is 12.3 Å². The Morgan fingerprint density at radius 2 is 2.05 bits per heavy atom. The molecule has 0 radical (unpaired) electrons. The number of ether oxygens (including phenoxy) is 2. The SMILES string of the molecule is CCC[C@@H](CCO)Nc1nc(NC(=O)OC)nc2cnn(Cc3cnc(C4CCNCC4)cc3OC)c12. The molecule has 4 rings (SSSR count). The quantitative estimate of drug-likeness (QED) is 0.302. The summed E-state index contributed by atoms with van der Waals surface area (Å²) in [7, 11) is 2.94. The number of aromatic nitrogens is 5. The summed E-state index contributed by atoms with van der Waals surface area (Å²) in [5.74, 6) is 1.79. The Balaban J connectivity index is 1.69. The van der Waals surface area contributed by atoms with Gasteiger partial charge in [-0.25, -0.2) is 9.78 Å². The number of hydrogen-bond donors (Lipinski definition) is 4. The van der Waals surface area contributed by atoms with Crippen LogP contribution in [-0.2, 0) is 11.3 Å². The maximum absolute atomic E-state index is 11.8. The van der Waals surface area contributed by atoms with Gasteiger partial charge in [0, 0.05) is 42.1 Å². The van der Waals surface area contributed by atoms with E-state index in [1.54, 1.807) is 18.0 Å². The van der Waals surface area contributed by atoms with Crippen LogP contribution in [0, 0.1) is 0 Å². The topological polar surface area (TPSA) is 148 Å². The Morgan fingerprint density at radius 1 is 1.24 bits per heavy atom. The molecule has 0 saturated carbocycles. The lowest BCUT2D eigenvalue weighted by atomic mass is 9.93. The van der Waals surface area contributed by atoms with Crippen LogP contribution < -0.4 is 20.7 Å². The molecular weight excluding hydrogens is 476 g/mol. The second kappa shape index (κ2) is 12.6. The van der Waals surface area contributed by atoms with Crippen molar-refractivity contribution >= 4 is 28.9 Å². The first-order valence-corrected chi connectivity index (χ1v) is 12.8. The molecule has 0 spiro atoms. The summed E-state index contributed by atoms with van der Waals surface area (Å²) in [6, 6.07) is 2.02. The van der Waals surface area contributed by atoms with Crippen molar-refractivity contribution in [3.63, 3.8) is 0 Å². The van der Waals surface area contributed by atoms with Gasteiger partial charge in [0.1, 0.15) is 16.8 Å². The highest BCUT2D eigenvalue weighted by molar-refractivity contribution is 5.89. The molecule has 200 valence electrons. The van der Waals surface area contributed by atoms with Gasteiger partial charge in [-0.2, -0.15) is 10.1 Å². The largest absolute Gasteiger partial charge is 0.496 e. The minimum atomic E-state index is -0.664. The average molecular weight is 513 g/mol. The first-order valence-electron chi connectivity index (χ1n) is 12.8. The number of hydrogen-bond acceptors (Lipinski definition) is 10. The number of aliphatic hydroxyl groups excluding tert-OH is 1. The fourth-order valence-corrected chi connectivity index (χ4v) is 4.70. The number of carbonyl (C=O) groups excluding carboxylic acids is 1. The molecule has 0 aromatic carbocycles. The molecule has 12 heteroatoms. The summed E-state index contributed by atoms with van der Waals surface area (Å²) in [6.07, 6.45) is 7.28. The van der Waals surface area contributed by atoms with E-state index in [0.29, 0.717) is 35.7 Å².